The van der Waals surface area contributed by atoms with Crippen molar-refractivity contribution < 1.29 is 0 Å². The van der Waals surface area contributed by atoms with Crippen molar-refractivity contribution in [2.75, 3.05) is 11.4 Å². The van der Waals surface area contributed by atoms with Gasteiger partial charge in [-0.2, -0.15) is 0 Å². The molecule has 1 aromatic rings. The van der Waals surface area contributed by atoms with Crippen LogP contribution in [0.25, 0.3) is 0 Å². The van der Waals surface area contributed by atoms with E-state index in [1.54, 1.807) is 0 Å². The molecule has 0 unspecified atom stereocenters. The minimum Gasteiger partial charge on any atom is -0.393 e. The van der Waals surface area contributed by atoms with Crippen LogP contribution in [0.2, 0.25) is 0 Å². The SMILES string of the molecule is Cc1cc(Br)cnc1N(CCC(N)=S)C1CC1. The standard InChI is InChI=1S/C12H16BrN3S/c1-8-6-9(13)7-15-12(8)16(10-2-3-10)5-4-11(14)17/h6-7,10H,2-5H2,1H3,(H2,14,17). The van der Waals surface area contributed by atoms with E-state index in [2.05, 4.69) is 38.8 Å². The fourth-order valence-electron chi connectivity index (χ4n) is 1.91. The Morgan fingerprint density at radius 3 is 2.88 bits per heavy atom. The number of thiocarbonyl (C=S) groups is 1. The van der Waals surface area contributed by atoms with Gasteiger partial charge in [-0.25, -0.2) is 4.98 Å². The average molecular weight is 314 g/mol. The largest absolute Gasteiger partial charge is 0.393 e. The first kappa shape index (κ1) is 12.8. The van der Waals surface area contributed by atoms with E-state index in [1.807, 2.05) is 6.20 Å². The normalized spacial score (nSPS) is 14.7. The predicted octanol–water partition coefficient (Wildman–Crippen LogP) is 2.80. The molecule has 0 atom stereocenters. The molecular weight excluding hydrogens is 298 g/mol. The van der Waals surface area contributed by atoms with Crippen LogP contribution in [0.1, 0.15) is 24.8 Å². The average Bonchev–Trinajstić information content (AvgIpc) is 3.04. The molecule has 1 heterocycles. The van der Waals surface area contributed by atoms with Crippen LogP contribution in [-0.4, -0.2) is 22.6 Å². The Balaban J connectivity index is 2.17. The zero-order chi connectivity index (χ0) is 12.4. The van der Waals surface area contributed by atoms with Crippen LogP contribution in [0.4, 0.5) is 5.82 Å². The van der Waals surface area contributed by atoms with Gasteiger partial charge >= 0.3 is 0 Å². The summed E-state index contributed by atoms with van der Waals surface area (Å²) in [5.41, 5.74) is 6.77. The molecule has 1 fully saturated rings. The van der Waals surface area contributed by atoms with E-state index in [1.165, 1.54) is 18.4 Å². The van der Waals surface area contributed by atoms with E-state index >= 15 is 0 Å². The molecule has 0 aliphatic heterocycles. The Bertz CT molecular complexity index is 432. The van der Waals surface area contributed by atoms with Gasteiger partial charge in [0.1, 0.15) is 5.82 Å². The van der Waals surface area contributed by atoms with Crippen molar-refractivity contribution in [2.45, 2.75) is 32.2 Å². The summed E-state index contributed by atoms with van der Waals surface area (Å²) in [6.07, 6.45) is 5.09. The highest BCUT2D eigenvalue weighted by Crippen LogP contribution is 2.32. The minimum atomic E-state index is 0.574. The summed E-state index contributed by atoms with van der Waals surface area (Å²) in [5.74, 6) is 1.06. The molecule has 0 bridgehead atoms. The van der Waals surface area contributed by atoms with Gasteiger partial charge in [-0.1, -0.05) is 12.2 Å². The van der Waals surface area contributed by atoms with Crippen LogP contribution in [0, 0.1) is 6.92 Å². The molecule has 0 spiro atoms. The number of anilines is 1. The van der Waals surface area contributed by atoms with Crippen molar-refractivity contribution in [1.29, 1.82) is 0 Å². The number of nitrogens with two attached hydrogens (primary N) is 1. The molecular formula is C12H16BrN3S. The second kappa shape index (κ2) is 5.31. The van der Waals surface area contributed by atoms with E-state index in [4.69, 9.17) is 18.0 Å². The number of aromatic nitrogens is 1. The van der Waals surface area contributed by atoms with Gasteiger partial charge in [-0.05, 0) is 47.3 Å². The predicted molar refractivity (Wildman–Crippen MR) is 78.4 cm³/mol. The molecule has 92 valence electrons. The molecule has 17 heavy (non-hydrogen) atoms. The van der Waals surface area contributed by atoms with Crippen LogP contribution in [0.3, 0.4) is 0 Å². The fourth-order valence-corrected chi connectivity index (χ4v) is 2.45. The summed E-state index contributed by atoms with van der Waals surface area (Å²) in [5, 5.41) is 0. The maximum absolute atomic E-state index is 5.58. The zero-order valence-electron chi connectivity index (χ0n) is 9.82. The number of halogens is 1. The van der Waals surface area contributed by atoms with Gasteiger partial charge in [0, 0.05) is 29.7 Å². The second-order valence-electron chi connectivity index (χ2n) is 4.43. The van der Waals surface area contributed by atoms with E-state index in [0.29, 0.717) is 11.0 Å². The molecule has 2 rings (SSSR count). The molecule has 1 saturated carbocycles. The Labute approximate surface area is 116 Å². The summed E-state index contributed by atoms with van der Waals surface area (Å²) in [6, 6.07) is 2.72. The molecule has 1 aromatic heterocycles. The van der Waals surface area contributed by atoms with Gasteiger partial charge in [-0.3, -0.25) is 0 Å². The summed E-state index contributed by atoms with van der Waals surface area (Å²) in [6.45, 7) is 2.96. The summed E-state index contributed by atoms with van der Waals surface area (Å²) in [7, 11) is 0. The summed E-state index contributed by atoms with van der Waals surface area (Å²) < 4.78 is 1.02. The molecule has 0 saturated heterocycles. The van der Waals surface area contributed by atoms with Gasteiger partial charge in [0.05, 0.1) is 4.99 Å². The van der Waals surface area contributed by atoms with Gasteiger partial charge in [0.2, 0.25) is 0 Å². The quantitative estimate of drug-likeness (QED) is 0.849. The van der Waals surface area contributed by atoms with Crippen LogP contribution < -0.4 is 10.6 Å². The lowest BCUT2D eigenvalue weighted by Crippen LogP contribution is -2.30. The third kappa shape index (κ3) is 3.39. The van der Waals surface area contributed by atoms with Crippen molar-refractivity contribution in [1.82, 2.24) is 4.98 Å². The van der Waals surface area contributed by atoms with Crippen molar-refractivity contribution in [2.24, 2.45) is 5.73 Å². The number of aryl methyl sites for hydroxylation is 1. The maximum atomic E-state index is 5.58. The van der Waals surface area contributed by atoms with Gasteiger partial charge in [-0.15, -0.1) is 0 Å². The summed E-state index contributed by atoms with van der Waals surface area (Å²) in [4.78, 5) is 7.42. The zero-order valence-corrected chi connectivity index (χ0v) is 12.2. The summed E-state index contributed by atoms with van der Waals surface area (Å²) >= 11 is 8.39. The first-order valence-electron chi connectivity index (χ1n) is 5.75. The highest BCUT2D eigenvalue weighted by molar-refractivity contribution is 9.10. The number of nitrogens with zero attached hydrogens (tertiary/aromatic N) is 2. The third-order valence-electron chi connectivity index (χ3n) is 2.88. The Hall–Kier alpha value is -0.680. The van der Waals surface area contributed by atoms with Gasteiger partial charge in [0.15, 0.2) is 0 Å². The van der Waals surface area contributed by atoms with Crippen LogP contribution in [0.5, 0.6) is 0 Å². The van der Waals surface area contributed by atoms with Crippen molar-refractivity contribution in [3.63, 3.8) is 0 Å². The molecule has 0 radical (unpaired) electrons. The monoisotopic (exact) mass is 313 g/mol. The highest BCUT2D eigenvalue weighted by Gasteiger charge is 2.30. The first-order chi connectivity index (χ1) is 8.08. The van der Waals surface area contributed by atoms with E-state index in [-0.39, 0.29) is 0 Å². The topological polar surface area (TPSA) is 42.2 Å². The van der Waals surface area contributed by atoms with E-state index in [0.717, 1.165) is 23.3 Å². The Morgan fingerprint density at radius 2 is 2.35 bits per heavy atom. The lowest BCUT2D eigenvalue weighted by Gasteiger charge is -2.25. The van der Waals surface area contributed by atoms with E-state index < -0.39 is 0 Å². The van der Waals surface area contributed by atoms with Gasteiger partial charge < -0.3 is 10.6 Å². The molecule has 3 nitrogen and oxygen atoms in total. The highest BCUT2D eigenvalue weighted by atomic mass is 79.9. The van der Waals surface area contributed by atoms with Crippen LogP contribution in [-0.2, 0) is 0 Å². The van der Waals surface area contributed by atoms with E-state index in [9.17, 15) is 0 Å². The number of rotatable bonds is 5. The second-order valence-corrected chi connectivity index (χ2v) is 5.87. The lowest BCUT2D eigenvalue weighted by atomic mass is 10.2. The molecule has 2 N–H and O–H groups in total. The molecule has 1 aliphatic rings. The number of hydrogen-bond donors (Lipinski definition) is 1. The minimum absolute atomic E-state index is 0.574. The number of pyridine rings is 1. The smallest absolute Gasteiger partial charge is 0.131 e. The molecule has 0 aromatic carbocycles. The maximum Gasteiger partial charge on any atom is 0.131 e. The van der Waals surface area contributed by atoms with Crippen LogP contribution >= 0.6 is 28.1 Å². The fraction of sp³-hybridized carbons (Fsp3) is 0.500. The Kier molecular flexibility index (Phi) is 3.99. The molecule has 5 heteroatoms. The first-order valence-corrected chi connectivity index (χ1v) is 6.95. The molecule has 1 aliphatic carbocycles. The van der Waals surface area contributed by atoms with Crippen molar-refractivity contribution >= 4 is 39.0 Å². The lowest BCUT2D eigenvalue weighted by molar-refractivity contribution is 0.781. The van der Waals surface area contributed by atoms with Crippen molar-refractivity contribution in [3.05, 3.63) is 22.3 Å². The third-order valence-corrected chi connectivity index (χ3v) is 3.51. The number of hydrogen-bond acceptors (Lipinski definition) is 3. The Morgan fingerprint density at radius 1 is 1.65 bits per heavy atom. The van der Waals surface area contributed by atoms with Gasteiger partial charge in [0.25, 0.3) is 0 Å². The van der Waals surface area contributed by atoms with Crippen LogP contribution in [0.15, 0.2) is 16.7 Å². The molecule has 0 amide bonds. The van der Waals surface area contributed by atoms with Crippen molar-refractivity contribution in [3.8, 4) is 0 Å².